The van der Waals surface area contributed by atoms with Crippen LogP contribution in [0.1, 0.15) is 19.8 Å². The lowest BCUT2D eigenvalue weighted by Crippen LogP contribution is -2.39. The highest BCUT2D eigenvalue weighted by Crippen LogP contribution is 2.25. The molecule has 1 saturated heterocycles. The normalized spacial score (nSPS) is 18.4. The molecule has 6 heteroatoms. The average Bonchev–Trinajstić information content (AvgIpc) is 2.78. The van der Waals surface area contributed by atoms with Crippen molar-refractivity contribution in [1.29, 1.82) is 0 Å². The van der Waals surface area contributed by atoms with E-state index in [1.54, 1.807) is 24.3 Å². The van der Waals surface area contributed by atoms with E-state index in [2.05, 4.69) is 5.32 Å². The van der Waals surface area contributed by atoms with Crippen molar-refractivity contribution in [2.45, 2.75) is 25.8 Å². The molecule has 114 valence electrons. The number of nitrogens with zero attached hydrogens (tertiary/aromatic N) is 1. The van der Waals surface area contributed by atoms with Gasteiger partial charge in [0, 0.05) is 6.54 Å². The van der Waals surface area contributed by atoms with Gasteiger partial charge in [0.05, 0.1) is 31.4 Å². The van der Waals surface area contributed by atoms with Gasteiger partial charge in [0.2, 0.25) is 5.91 Å². The number of hydrogen-bond acceptors (Lipinski definition) is 5. The second-order valence-corrected chi connectivity index (χ2v) is 4.84. The molecule has 0 unspecified atom stereocenters. The van der Waals surface area contributed by atoms with Crippen molar-refractivity contribution in [3.8, 4) is 5.75 Å². The summed E-state index contributed by atoms with van der Waals surface area (Å²) in [5.41, 5.74) is 0.544. The third-order valence-corrected chi connectivity index (χ3v) is 3.22. The lowest BCUT2D eigenvalue weighted by atomic mass is 10.2. The first-order valence-electron chi connectivity index (χ1n) is 7.11. The molecule has 6 nitrogen and oxygen atoms in total. The van der Waals surface area contributed by atoms with Crippen molar-refractivity contribution < 1.29 is 19.4 Å². The van der Waals surface area contributed by atoms with Crippen LogP contribution in [0.2, 0.25) is 0 Å². The van der Waals surface area contributed by atoms with E-state index in [0.717, 1.165) is 12.2 Å². The first kappa shape index (κ1) is 15.5. The zero-order valence-electron chi connectivity index (χ0n) is 12.0. The molecule has 0 aromatic heterocycles. The Balaban J connectivity index is 2.06. The van der Waals surface area contributed by atoms with Crippen LogP contribution in [-0.2, 0) is 9.59 Å². The van der Waals surface area contributed by atoms with Crippen LogP contribution in [0.4, 0.5) is 5.69 Å². The molecule has 2 amide bonds. The van der Waals surface area contributed by atoms with E-state index in [-0.39, 0.29) is 24.8 Å². The van der Waals surface area contributed by atoms with Gasteiger partial charge in [-0.15, -0.1) is 0 Å². The average molecular weight is 292 g/mol. The minimum absolute atomic E-state index is 0.0680. The molecule has 1 aromatic carbocycles. The molecule has 1 aliphatic rings. The van der Waals surface area contributed by atoms with Gasteiger partial charge < -0.3 is 15.2 Å². The van der Waals surface area contributed by atoms with Crippen LogP contribution in [0.5, 0.6) is 5.75 Å². The Morgan fingerprint density at radius 2 is 2.05 bits per heavy atom. The minimum atomic E-state index is -0.555. The Labute approximate surface area is 123 Å². The predicted molar refractivity (Wildman–Crippen MR) is 78.2 cm³/mol. The molecular weight excluding hydrogens is 272 g/mol. The van der Waals surface area contributed by atoms with E-state index in [9.17, 15) is 9.59 Å². The van der Waals surface area contributed by atoms with E-state index < -0.39 is 6.04 Å². The molecule has 2 rings (SSSR count). The Bertz CT molecular complexity index is 501. The molecule has 0 spiro atoms. The molecule has 1 atom stereocenters. The van der Waals surface area contributed by atoms with Crippen LogP contribution < -0.4 is 15.0 Å². The number of benzene rings is 1. The van der Waals surface area contributed by atoms with Crippen molar-refractivity contribution in [1.82, 2.24) is 5.32 Å². The predicted octanol–water partition coefficient (Wildman–Crippen LogP) is 0.689. The van der Waals surface area contributed by atoms with Crippen LogP contribution >= 0.6 is 0 Å². The maximum Gasteiger partial charge on any atom is 0.251 e. The van der Waals surface area contributed by atoms with Crippen LogP contribution in [-0.4, -0.2) is 42.7 Å². The summed E-state index contributed by atoms with van der Waals surface area (Å²) in [4.78, 5) is 25.4. The molecule has 0 bridgehead atoms. The SMILES string of the molecule is CCCOc1ccc(N2C(=O)C[C@@H](NCCO)C2=O)cc1. The number of aliphatic hydroxyl groups excluding tert-OH is 1. The summed E-state index contributed by atoms with van der Waals surface area (Å²) >= 11 is 0. The van der Waals surface area contributed by atoms with Gasteiger partial charge in [-0.1, -0.05) is 6.92 Å². The molecule has 1 heterocycles. The third-order valence-electron chi connectivity index (χ3n) is 3.22. The van der Waals surface area contributed by atoms with Gasteiger partial charge in [-0.25, -0.2) is 4.90 Å². The fraction of sp³-hybridized carbons (Fsp3) is 0.467. The number of aliphatic hydroxyl groups is 1. The summed E-state index contributed by atoms with van der Waals surface area (Å²) < 4.78 is 5.47. The Kier molecular flexibility index (Phi) is 5.30. The zero-order valence-corrected chi connectivity index (χ0v) is 12.0. The molecule has 1 aliphatic heterocycles. The maximum atomic E-state index is 12.2. The number of amides is 2. The summed E-state index contributed by atoms with van der Waals surface area (Å²) in [7, 11) is 0. The van der Waals surface area contributed by atoms with E-state index >= 15 is 0 Å². The number of ether oxygens (including phenoxy) is 1. The van der Waals surface area contributed by atoms with E-state index in [1.807, 2.05) is 6.92 Å². The van der Waals surface area contributed by atoms with Crippen LogP contribution in [0.25, 0.3) is 0 Å². The second-order valence-electron chi connectivity index (χ2n) is 4.84. The molecule has 0 aliphatic carbocycles. The smallest absolute Gasteiger partial charge is 0.251 e. The molecular formula is C15H20N2O4. The molecule has 2 N–H and O–H groups in total. The number of carbonyl (C=O) groups is 2. The number of carbonyl (C=O) groups excluding carboxylic acids is 2. The van der Waals surface area contributed by atoms with E-state index in [1.165, 1.54) is 4.90 Å². The van der Waals surface area contributed by atoms with Crippen molar-refractivity contribution in [3.63, 3.8) is 0 Å². The molecule has 0 radical (unpaired) electrons. The standard InChI is InChI=1S/C15H20N2O4/c1-2-9-21-12-5-3-11(4-6-12)17-14(19)10-13(15(17)20)16-7-8-18/h3-6,13,16,18H,2,7-10H2,1H3/t13-/m1/s1. The van der Waals surface area contributed by atoms with Gasteiger partial charge in [0.15, 0.2) is 0 Å². The Morgan fingerprint density at radius 1 is 1.33 bits per heavy atom. The lowest BCUT2D eigenvalue weighted by molar-refractivity contribution is -0.121. The van der Waals surface area contributed by atoms with Crippen molar-refractivity contribution >= 4 is 17.5 Å². The quantitative estimate of drug-likeness (QED) is 0.723. The zero-order chi connectivity index (χ0) is 15.2. The number of imide groups is 1. The van der Waals surface area contributed by atoms with Gasteiger partial charge >= 0.3 is 0 Å². The maximum absolute atomic E-state index is 12.2. The first-order chi connectivity index (χ1) is 10.2. The molecule has 1 aromatic rings. The number of hydrogen-bond donors (Lipinski definition) is 2. The molecule has 21 heavy (non-hydrogen) atoms. The highest BCUT2D eigenvalue weighted by molar-refractivity contribution is 6.22. The highest BCUT2D eigenvalue weighted by Gasteiger charge is 2.39. The van der Waals surface area contributed by atoms with Crippen LogP contribution in [0.15, 0.2) is 24.3 Å². The largest absolute Gasteiger partial charge is 0.494 e. The van der Waals surface area contributed by atoms with Gasteiger partial charge in [-0.05, 0) is 30.7 Å². The fourth-order valence-electron chi connectivity index (χ4n) is 2.21. The fourth-order valence-corrected chi connectivity index (χ4v) is 2.21. The summed E-state index contributed by atoms with van der Waals surface area (Å²) in [5.74, 6) is 0.197. The minimum Gasteiger partial charge on any atom is -0.494 e. The summed E-state index contributed by atoms with van der Waals surface area (Å²) in [6, 6.07) is 6.35. The second kappa shape index (κ2) is 7.19. The van der Waals surface area contributed by atoms with Crippen LogP contribution in [0, 0.1) is 0 Å². The molecule has 0 saturated carbocycles. The Morgan fingerprint density at radius 3 is 2.67 bits per heavy atom. The van der Waals surface area contributed by atoms with E-state index in [4.69, 9.17) is 9.84 Å². The number of nitrogens with one attached hydrogen (secondary N) is 1. The number of rotatable bonds is 7. The van der Waals surface area contributed by atoms with Crippen molar-refractivity contribution in [2.24, 2.45) is 0 Å². The van der Waals surface area contributed by atoms with Crippen molar-refractivity contribution in [3.05, 3.63) is 24.3 Å². The first-order valence-corrected chi connectivity index (χ1v) is 7.11. The summed E-state index contributed by atoms with van der Waals surface area (Å²) in [6.45, 7) is 2.88. The van der Waals surface area contributed by atoms with Gasteiger partial charge in [-0.2, -0.15) is 0 Å². The lowest BCUT2D eigenvalue weighted by Gasteiger charge is -2.16. The van der Waals surface area contributed by atoms with Gasteiger partial charge in [-0.3, -0.25) is 9.59 Å². The topological polar surface area (TPSA) is 78.9 Å². The van der Waals surface area contributed by atoms with Crippen LogP contribution in [0.3, 0.4) is 0 Å². The number of anilines is 1. The third kappa shape index (κ3) is 3.59. The highest BCUT2D eigenvalue weighted by atomic mass is 16.5. The Hall–Kier alpha value is -1.92. The van der Waals surface area contributed by atoms with Crippen molar-refractivity contribution in [2.75, 3.05) is 24.7 Å². The van der Waals surface area contributed by atoms with Gasteiger partial charge in [0.25, 0.3) is 5.91 Å². The van der Waals surface area contributed by atoms with E-state index in [0.29, 0.717) is 18.8 Å². The summed E-state index contributed by atoms with van der Waals surface area (Å²) in [5, 5.41) is 11.6. The van der Waals surface area contributed by atoms with Gasteiger partial charge in [0.1, 0.15) is 5.75 Å². The molecule has 1 fully saturated rings. The summed E-state index contributed by atoms with van der Waals surface area (Å²) in [6.07, 6.45) is 1.04. The monoisotopic (exact) mass is 292 g/mol.